The van der Waals surface area contributed by atoms with E-state index in [1.54, 1.807) is 24.5 Å². The van der Waals surface area contributed by atoms with Gasteiger partial charge in [0.25, 0.3) is 0 Å². The predicted octanol–water partition coefficient (Wildman–Crippen LogP) is 2.47. The summed E-state index contributed by atoms with van der Waals surface area (Å²) < 4.78 is 14.9. The molecular weight excluding hydrogens is 295 g/mol. The van der Waals surface area contributed by atoms with Crippen LogP contribution in [0.5, 0.6) is 0 Å². The second-order valence-corrected chi connectivity index (χ2v) is 5.64. The summed E-state index contributed by atoms with van der Waals surface area (Å²) in [5.41, 5.74) is 2.56. The summed E-state index contributed by atoms with van der Waals surface area (Å²) >= 11 is 0. The van der Waals surface area contributed by atoms with Crippen molar-refractivity contribution in [2.75, 3.05) is 0 Å². The molecule has 0 aliphatic heterocycles. The summed E-state index contributed by atoms with van der Waals surface area (Å²) in [6.07, 6.45) is 7.05. The molecule has 2 heterocycles. The van der Waals surface area contributed by atoms with Crippen LogP contribution < -0.4 is 5.32 Å². The maximum atomic E-state index is 12.9. The van der Waals surface area contributed by atoms with E-state index in [4.69, 9.17) is 0 Å². The minimum Gasteiger partial charge on any atom is -0.388 e. The molecule has 2 N–H and O–H groups in total. The molecular formula is C17H19FN4O. The minimum absolute atomic E-state index is 0.0995. The van der Waals surface area contributed by atoms with E-state index >= 15 is 0 Å². The highest BCUT2D eigenvalue weighted by Gasteiger charge is 2.13. The zero-order valence-electron chi connectivity index (χ0n) is 12.9. The molecule has 0 aliphatic rings. The molecule has 0 saturated heterocycles. The normalized spacial score (nSPS) is 14.0. The molecule has 0 fully saturated rings. The van der Waals surface area contributed by atoms with Gasteiger partial charge in [-0.15, -0.1) is 0 Å². The minimum atomic E-state index is -0.621. The van der Waals surface area contributed by atoms with E-state index in [1.807, 2.05) is 23.7 Å². The first-order valence-electron chi connectivity index (χ1n) is 7.56. The Labute approximate surface area is 133 Å². The maximum Gasteiger partial charge on any atom is 0.155 e. The fourth-order valence-electron chi connectivity index (χ4n) is 2.54. The molecule has 0 saturated carbocycles. The second kappa shape index (κ2) is 6.85. The molecule has 3 aromatic rings. The SMILES string of the molecule is CC(CC(O)c1ccc(F)cc1)NCc1cnc2cnccn12. The van der Waals surface area contributed by atoms with Crippen LogP contribution in [0, 0.1) is 5.82 Å². The van der Waals surface area contributed by atoms with Crippen LogP contribution in [0.2, 0.25) is 0 Å². The van der Waals surface area contributed by atoms with Gasteiger partial charge >= 0.3 is 0 Å². The number of halogens is 1. The molecule has 0 spiro atoms. The average Bonchev–Trinajstić information content (AvgIpc) is 2.97. The Morgan fingerprint density at radius 3 is 2.83 bits per heavy atom. The van der Waals surface area contributed by atoms with Crippen molar-refractivity contribution in [3.05, 3.63) is 66.1 Å². The first kappa shape index (κ1) is 15.6. The van der Waals surface area contributed by atoms with Crippen molar-refractivity contribution < 1.29 is 9.50 Å². The van der Waals surface area contributed by atoms with Gasteiger partial charge in [0.15, 0.2) is 5.65 Å². The third-order valence-corrected chi connectivity index (χ3v) is 3.86. The Bertz CT molecular complexity index is 772. The largest absolute Gasteiger partial charge is 0.388 e. The highest BCUT2D eigenvalue weighted by Crippen LogP contribution is 2.18. The third-order valence-electron chi connectivity index (χ3n) is 3.86. The number of aromatic nitrogens is 3. The molecule has 23 heavy (non-hydrogen) atoms. The number of rotatable bonds is 6. The number of hydrogen-bond acceptors (Lipinski definition) is 4. The quantitative estimate of drug-likeness (QED) is 0.734. The highest BCUT2D eigenvalue weighted by atomic mass is 19.1. The van der Waals surface area contributed by atoms with Crippen molar-refractivity contribution in [1.82, 2.24) is 19.7 Å². The number of imidazole rings is 1. The summed E-state index contributed by atoms with van der Waals surface area (Å²) in [5.74, 6) is -0.297. The summed E-state index contributed by atoms with van der Waals surface area (Å²) in [6.45, 7) is 2.65. The lowest BCUT2D eigenvalue weighted by atomic mass is 10.0. The molecule has 0 radical (unpaired) electrons. The van der Waals surface area contributed by atoms with Crippen molar-refractivity contribution in [3.63, 3.8) is 0 Å². The van der Waals surface area contributed by atoms with Crippen LogP contribution >= 0.6 is 0 Å². The van der Waals surface area contributed by atoms with E-state index in [1.165, 1.54) is 12.1 Å². The molecule has 2 unspecified atom stereocenters. The zero-order valence-corrected chi connectivity index (χ0v) is 12.9. The summed E-state index contributed by atoms with van der Waals surface area (Å²) in [4.78, 5) is 8.33. The fourth-order valence-corrected chi connectivity index (χ4v) is 2.54. The Hall–Kier alpha value is -2.31. The van der Waals surface area contributed by atoms with E-state index in [-0.39, 0.29) is 11.9 Å². The van der Waals surface area contributed by atoms with Crippen LogP contribution in [0.15, 0.2) is 49.1 Å². The van der Waals surface area contributed by atoms with Gasteiger partial charge in [0, 0.05) is 25.0 Å². The number of nitrogens with zero attached hydrogens (tertiary/aromatic N) is 3. The number of nitrogens with one attached hydrogen (secondary N) is 1. The molecule has 2 atom stereocenters. The molecule has 0 bridgehead atoms. The van der Waals surface area contributed by atoms with Crippen LogP contribution in [0.25, 0.3) is 5.65 Å². The van der Waals surface area contributed by atoms with Crippen molar-refractivity contribution in [3.8, 4) is 0 Å². The van der Waals surface area contributed by atoms with E-state index in [0.717, 1.165) is 16.9 Å². The molecule has 0 amide bonds. The molecule has 0 aliphatic carbocycles. The molecule has 1 aromatic carbocycles. The summed E-state index contributed by atoms with van der Waals surface area (Å²) in [7, 11) is 0. The van der Waals surface area contributed by atoms with Gasteiger partial charge in [0.05, 0.1) is 24.2 Å². The lowest BCUT2D eigenvalue weighted by molar-refractivity contribution is 0.153. The Balaban J connectivity index is 1.57. The third kappa shape index (κ3) is 3.72. The lowest BCUT2D eigenvalue weighted by Gasteiger charge is -2.18. The van der Waals surface area contributed by atoms with E-state index < -0.39 is 6.10 Å². The predicted molar refractivity (Wildman–Crippen MR) is 85.3 cm³/mol. The van der Waals surface area contributed by atoms with Crippen LogP contribution in [0.4, 0.5) is 4.39 Å². The van der Waals surface area contributed by atoms with Crippen molar-refractivity contribution in [2.24, 2.45) is 0 Å². The number of aliphatic hydroxyl groups excluding tert-OH is 1. The molecule has 3 rings (SSSR count). The first-order valence-corrected chi connectivity index (χ1v) is 7.56. The smallest absolute Gasteiger partial charge is 0.155 e. The molecule has 6 heteroatoms. The standard InChI is InChI=1S/C17H19FN4O/c1-12(8-16(23)13-2-4-14(18)5-3-13)20-9-15-10-21-17-11-19-6-7-22(15)17/h2-7,10-12,16,20,23H,8-9H2,1H3. The van der Waals surface area contributed by atoms with E-state index in [0.29, 0.717) is 13.0 Å². The van der Waals surface area contributed by atoms with Gasteiger partial charge in [0.1, 0.15) is 5.82 Å². The molecule has 5 nitrogen and oxygen atoms in total. The number of benzene rings is 1. The Kier molecular flexibility index (Phi) is 4.64. The first-order chi connectivity index (χ1) is 11.1. The lowest BCUT2D eigenvalue weighted by Crippen LogP contribution is -2.28. The number of aliphatic hydroxyl groups is 1. The molecule has 2 aromatic heterocycles. The molecule has 120 valence electrons. The Morgan fingerprint density at radius 2 is 2.04 bits per heavy atom. The van der Waals surface area contributed by atoms with Gasteiger partial charge in [0.2, 0.25) is 0 Å². The summed E-state index contributed by atoms with van der Waals surface area (Å²) in [6, 6.07) is 6.06. The van der Waals surface area contributed by atoms with Gasteiger partial charge in [-0.25, -0.2) is 9.37 Å². The monoisotopic (exact) mass is 314 g/mol. The van der Waals surface area contributed by atoms with Crippen LogP contribution in [0.3, 0.4) is 0 Å². The number of hydrogen-bond donors (Lipinski definition) is 2. The van der Waals surface area contributed by atoms with E-state index in [9.17, 15) is 9.50 Å². The van der Waals surface area contributed by atoms with Gasteiger partial charge in [-0.05, 0) is 31.0 Å². The van der Waals surface area contributed by atoms with Crippen molar-refractivity contribution in [1.29, 1.82) is 0 Å². The zero-order chi connectivity index (χ0) is 16.2. The van der Waals surface area contributed by atoms with Gasteiger partial charge in [-0.1, -0.05) is 12.1 Å². The highest BCUT2D eigenvalue weighted by molar-refractivity contribution is 5.36. The second-order valence-electron chi connectivity index (χ2n) is 5.64. The van der Waals surface area contributed by atoms with Gasteiger partial charge < -0.3 is 10.4 Å². The number of fused-ring (bicyclic) bond motifs is 1. The van der Waals surface area contributed by atoms with Gasteiger partial charge in [-0.2, -0.15) is 0 Å². The Morgan fingerprint density at radius 1 is 1.26 bits per heavy atom. The topological polar surface area (TPSA) is 62.5 Å². The maximum absolute atomic E-state index is 12.9. The van der Waals surface area contributed by atoms with Crippen molar-refractivity contribution in [2.45, 2.75) is 32.0 Å². The van der Waals surface area contributed by atoms with E-state index in [2.05, 4.69) is 15.3 Å². The summed E-state index contributed by atoms with van der Waals surface area (Å²) in [5, 5.41) is 13.6. The van der Waals surface area contributed by atoms with Crippen LogP contribution in [0.1, 0.15) is 30.7 Å². The van der Waals surface area contributed by atoms with Crippen LogP contribution in [-0.4, -0.2) is 25.5 Å². The average molecular weight is 314 g/mol. The van der Waals surface area contributed by atoms with Crippen molar-refractivity contribution >= 4 is 5.65 Å². The van der Waals surface area contributed by atoms with Crippen LogP contribution in [-0.2, 0) is 6.54 Å². The van der Waals surface area contributed by atoms with Gasteiger partial charge in [-0.3, -0.25) is 9.38 Å². The fraction of sp³-hybridized carbons (Fsp3) is 0.294.